The van der Waals surface area contributed by atoms with Crippen molar-refractivity contribution >= 4 is 16.5 Å². The maximum Gasteiger partial charge on any atom is 0.230 e. The van der Waals surface area contributed by atoms with Crippen molar-refractivity contribution in [2.75, 3.05) is 26.1 Å². The summed E-state index contributed by atoms with van der Waals surface area (Å²) in [5, 5.41) is 4.52. The summed E-state index contributed by atoms with van der Waals surface area (Å²) in [7, 11) is 5.67. The minimum absolute atomic E-state index is 0.574. The molecule has 4 nitrogen and oxygen atoms in total. The largest absolute Gasteiger partial charge is 0.480 e. The highest BCUT2D eigenvalue weighted by Gasteiger charge is 2.15. The van der Waals surface area contributed by atoms with Crippen molar-refractivity contribution < 1.29 is 4.74 Å². The van der Waals surface area contributed by atoms with E-state index in [2.05, 4.69) is 22.5 Å². The number of methoxy groups -OCH3 is 1. The third kappa shape index (κ3) is 2.98. The van der Waals surface area contributed by atoms with Crippen LogP contribution in [-0.2, 0) is 6.54 Å². The molecule has 1 aliphatic rings. The Kier molecular flexibility index (Phi) is 4.02. The topological polar surface area (TPSA) is 37.4 Å². The Hall–Kier alpha value is -1.07. The second-order valence-corrected chi connectivity index (χ2v) is 5.41. The Morgan fingerprint density at radius 2 is 2.18 bits per heavy atom. The molecule has 1 heterocycles. The van der Waals surface area contributed by atoms with Gasteiger partial charge < -0.3 is 15.0 Å². The predicted molar refractivity (Wildman–Crippen MR) is 72.0 cm³/mol. The predicted octanol–water partition coefficient (Wildman–Crippen LogP) is 2.03. The Labute approximate surface area is 106 Å². The third-order valence-electron chi connectivity index (χ3n) is 2.79. The first-order valence-electron chi connectivity index (χ1n) is 5.80. The molecular formula is C12H19N3OS. The fourth-order valence-corrected chi connectivity index (χ4v) is 2.71. The van der Waals surface area contributed by atoms with Gasteiger partial charge in [0.15, 0.2) is 5.13 Å². The van der Waals surface area contributed by atoms with E-state index in [4.69, 9.17) is 4.74 Å². The van der Waals surface area contributed by atoms with Gasteiger partial charge in [0.25, 0.3) is 0 Å². The van der Waals surface area contributed by atoms with Crippen molar-refractivity contribution in [3.05, 3.63) is 17.0 Å². The highest BCUT2D eigenvalue weighted by atomic mass is 32.1. The lowest BCUT2D eigenvalue weighted by Gasteiger charge is -2.10. The van der Waals surface area contributed by atoms with Gasteiger partial charge in [-0.2, -0.15) is 4.98 Å². The minimum Gasteiger partial charge on any atom is -0.480 e. The smallest absolute Gasteiger partial charge is 0.230 e. The summed E-state index contributed by atoms with van der Waals surface area (Å²) in [5.74, 6) is 0.747. The van der Waals surface area contributed by atoms with Gasteiger partial charge in [-0.3, -0.25) is 0 Å². The first-order chi connectivity index (χ1) is 8.20. The van der Waals surface area contributed by atoms with Gasteiger partial charge in [0.05, 0.1) is 12.0 Å². The molecular weight excluding hydrogens is 234 g/mol. The molecule has 0 aliphatic heterocycles. The van der Waals surface area contributed by atoms with Gasteiger partial charge >= 0.3 is 0 Å². The van der Waals surface area contributed by atoms with Gasteiger partial charge in [0.1, 0.15) is 0 Å². The van der Waals surface area contributed by atoms with Crippen LogP contribution in [0, 0.1) is 0 Å². The molecule has 1 aliphatic carbocycles. The van der Waals surface area contributed by atoms with Gasteiger partial charge in [0.2, 0.25) is 5.88 Å². The number of rotatable bonds is 5. The summed E-state index contributed by atoms with van der Waals surface area (Å²) in [5.41, 5.74) is 0. The standard InChI is InChI=1S/C12H19N3OS/c1-15(2)12-14-11(16-3)10(17-12)8-13-9-6-4-5-7-9/h4-5,9,13H,6-8H2,1-3H3. The highest BCUT2D eigenvalue weighted by molar-refractivity contribution is 7.15. The monoisotopic (exact) mass is 253 g/mol. The average molecular weight is 253 g/mol. The summed E-state index contributed by atoms with van der Waals surface area (Å²) < 4.78 is 5.31. The van der Waals surface area contributed by atoms with Crippen LogP contribution in [-0.4, -0.2) is 32.2 Å². The summed E-state index contributed by atoms with van der Waals surface area (Å²) in [6, 6.07) is 0.574. The van der Waals surface area contributed by atoms with Crippen molar-refractivity contribution in [1.82, 2.24) is 10.3 Å². The minimum atomic E-state index is 0.574. The number of anilines is 1. The van der Waals surface area contributed by atoms with Crippen LogP contribution in [0.3, 0.4) is 0 Å². The number of hydrogen-bond acceptors (Lipinski definition) is 5. The molecule has 1 N–H and O–H groups in total. The Balaban J connectivity index is 1.98. The fraction of sp³-hybridized carbons (Fsp3) is 0.583. The van der Waals surface area contributed by atoms with Crippen molar-refractivity contribution in [1.29, 1.82) is 0 Å². The van der Waals surface area contributed by atoms with Crippen LogP contribution in [0.15, 0.2) is 12.2 Å². The van der Waals surface area contributed by atoms with Crippen LogP contribution >= 0.6 is 11.3 Å². The zero-order chi connectivity index (χ0) is 12.3. The first kappa shape index (κ1) is 12.4. The summed E-state index contributed by atoms with van der Waals surface area (Å²) in [4.78, 5) is 7.62. The van der Waals surface area contributed by atoms with Crippen LogP contribution in [0.1, 0.15) is 17.7 Å². The number of nitrogens with zero attached hydrogens (tertiary/aromatic N) is 2. The molecule has 0 amide bonds. The zero-order valence-electron chi connectivity index (χ0n) is 10.6. The molecule has 1 aromatic rings. The number of thiazole rings is 1. The number of ether oxygens (including phenoxy) is 1. The van der Waals surface area contributed by atoms with Gasteiger partial charge in [0, 0.05) is 26.7 Å². The molecule has 17 heavy (non-hydrogen) atoms. The molecule has 5 heteroatoms. The second kappa shape index (κ2) is 5.51. The number of nitrogens with one attached hydrogen (secondary N) is 1. The van der Waals surface area contributed by atoms with Gasteiger partial charge in [-0.1, -0.05) is 23.5 Å². The maximum absolute atomic E-state index is 5.31. The van der Waals surface area contributed by atoms with Crippen molar-refractivity contribution in [3.8, 4) is 5.88 Å². The van der Waals surface area contributed by atoms with Crippen LogP contribution in [0.25, 0.3) is 0 Å². The van der Waals surface area contributed by atoms with E-state index in [1.54, 1.807) is 18.4 Å². The molecule has 1 aromatic heterocycles. The zero-order valence-corrected chi connectivity index (χ0v) is 11.4. The van der Waals surface area contributed by atoms with E-state index >= 15 is 0 Å². The summed E-state index contributed by atoms with van der Waals surface area (Å²) >= 11 is 1.68. The molecule has 0 radical (unpaired) electrons. The fourth-order valence-electron chi connectivity index (χ4n) is 1.81. The van der Waals surface area contributed by atoms with E-state index in [0.717, 1.165) is 30.4 Å². The average Bonchev–Trinajstić information content (AvgIpc) is 2.95. The molecule has 0 aromatic carbocycles. The first-order valence-corrected chi connectivity index (χ1v) is 6.61. The van der Waals surface area contributed by atoms with Gasteiger partial charge in [-0.25, -0.2) is 0 Å². The van der Waals surface area contributed by atoms with Crippen molar-refractivity contribution in [3.63, 3.8) is 0 Å². The Morgan fingerprint density at radius 3 is 2.76 bits per heavy atom. The molecule has 2 rings (SSSR count). The maximum atomic E-state index is 5.31. The lowest BCUT2D eigenvalue weighted by Crippen LogP contribution is -2.25. The van der Waals surface area contributed by atoms with E-state index in [9.17, 15) is 0 Å². The lowest BCUT2D eigenvalue weighted by atomic mass is 10.2. The molecule has 0 spiro atoms. The molecule has 0 unspecified atom stereocenters. The van der Waals surface area contributed by atoms with E-state index in [1.165, 1.54) is 4.88 Å². The molecule has 0 fully saturated rings. The summed E-state index contributed by atoms with van der Waals surface area (Å²) in [6.07, 6.45) is 6.71. The van der Waals surface area contributed by atoms with Crippen LogP contribution in [0.4, 0.5) is 5.13 Å². The highest BCUT2D eigenvalue weighted by Crippen LogP contribution is 2.30. The molecule has 0 bridgehead atoms. The van der Waals surface area contributed by atoms with E-state index < -0.39 is 0 Å². The number of aromatic nitrogens is 1. The normalized spacial score (nSPS) is 15.5. The van der Waals surface area contributed by atoms with E-state index in [-0.39, 0.29) is 0 Å². The van der Waals surface area contributed by atoms with Crippen LogP contribution < -0.4 is 15.0 Å². The van der Waals surface area contributed by atoms with E-state index in [1.807, 2.05) is 19.0 Å². The quantitative estimate of drug-likeness (QED) is 0.815. The molecule has 0 saturated heterocycles. The molecule has 0 atom stereocenters. The third-order valence-corrected chi connectivity index (χ3v) is 3.99. The second-order valence-electron chi connectivity index (χ2n) is 4.34. The Morgan fingerprint density at radius 1 is 1.47 bits per heavy atom. The SMILES string of the molecule is COc1nc(N(C)C)sc1CNC1CC=CC1. The van der Waals surface area contributed by atoms with E-state index in [0.29, 0.717) is 6.04 Å². The van der Waals surface area contributed by atoms with Crippen molar-refractivity contribution in [2.24, 2.45) is 0 Å². The number of hydrogen-bond donors (Lipinski definition) is 1. The van der Waals surface area contributed by atoms with Crippen LogP contribution in [0.2, 0.25) is 0 Å². The van der Waals surface area contributed by atoms with Crippen LogP contribution in [0.5, 0.6) is 5.88 Å². The lowest BCUT2D eigenvalue weighted by molar-refractivity contribution is 0.393. The van der Waals surface area contributed by atoms with Gasteiger partial charge in [-0.05, 0) is 12.8 Å². The van der Waals surface area contributed by atoms with Crippen molar-refractivity contribution in [2.45, 2.75) is 25.4 Å². The summed E-state index contributed by atoms with van der Waals surface area (Å²) in [6.45, 7) is 0.834. The Bertz CT molecular complexity index is 392. The molecule has 0 saturated carbocycles. The van der Waals surface area contributed by atoms with Gasteiger partial charge in [-0.15, -0.1) is 0 Å². The molecule has 94 valence electrons.